The quantitative estimate of drug-likeness (QED) is 0.603. The lowest BCUT2D eigenvalue weighted by atomic mass is 9.84. The highest BCUT2D eigenvalue weighted by atomic mass is 16.6. The van der Waals surface area contributed by atoms with E-state index in [-0.39, 0.29) is 5.60 Å². The van der Waals surface area contributed by atoms with E-state index in [9.17, 15) is 9.90 Å². The van der Waals surface area contributed by atoms with Crippen molar-refractivity contribution >= 4 is 5.97 Å². The Morgan fingerprint density at radius 3 is 2.21 bits per heavy atom. The summed E-state index contributed by atoms with van der Waals surface area (Å²) in [4.78, 5) is 11.2. The Morgan fingerprint density at radius 1 is 1.14 bits per heavy atom. The van der Waals surface area contributed by atoms with E-state index in [1.54, 1.807) is 0 Å². The number of hydrogen-bond acceptors (Lipinski definition) is 3. The van der Waals surface area contributed by atoms with Crippen LogP contribution < -0.4 is 0 Å². The van der Waals surface area contributed by atoms with E-state index in [1.807, 2.05) is 0 Å². The van der Waals surface area contributed by atoms with Crippen molar-refractivity contribution in [2.75, 3.05) is 0 Å². The summed E-state index contributed by atoms with van der Waals surface area (Å²) in [6, 6.07) is 0. The highest BCUT2D eigenvalue weighted by Crippen LogP contribution is 2.38. The lowest BCUT2D eigenvalue weighted by Crippen LogP contribution is -2.29. The van der Waals surface area contributed by atoms with Crippen LogP contribution >= 0.6 is 0 Å². The smallest absolute Gasteiger partial charge is 0.335 e. The van der Waals surface area contributed by atoms with Crippen LogP contribution in [-0.4, -0.2) is 22.8 Å². The third-order valence-electron chi connectivity index (χ3n) is 3.42. The molecule has 2 fully saturated rings. The molecule has 2 aliphatic rings. The van der Waals surface area contributed by atoms with Gasteiger partial charge in [0.1, 0.15) is 5.60 Å². The molecule has 1 unspecified atom stereocenters. The highest BCUT2D eigenvalue weighted by Gasteiger charge is 2.45. The van der Waals surface area contributed by atoms with Gasteiger partial charge in [-0.2, -0.15) is 0 Å². The number of carbonyl (C=O) groups is 1. The molecule has 0 bridgehead atoms. The Balaban J connectivity index is 2.02. The van der Waals surface area contributed by atoms with Crippen molar-refractivity contribution in [1.82, 2.24) is 0 Å². The number of aliphatic hydroxyl groups is 1. The average Bonchev–Trinajstić information content (AvgIpc) is 2.38. The van der Waals surface area contributed by atoms with Crippen molar-refractivity contribution in [3.05, 3.63) is 0 Å². The Hall–Kier alpha value is -0.570. The van der Waals surface area contributed by atoms with Crippen LogP contribution in [0.2, 0.25) is 0 Å². The van der Waals surface area contributed by atoms with E-state index >= 15 is 0 Å². The normalized spacial score (nSPS) is 32.4. The molecule has 1 aliphatic heterocycles. The molecule has 0 aromatic heterocycles. The maximum atomic E-state index is 11.2. The van der Waals surface area contributed by atoms with Gasteiger partial charge in [-0.05, 0) is 25.7 Å². The molecule has 1 saturated carbocycles. The second-order valence-corrected chi connectivity index (χ2v) is 4.59. The minimum Gasteiger partial charge on any atom is -0.457 e. The van der Waals surface area contributed by atoms with Gasteiger partial charge in [-0.1, -0.05) is 19.3 Å². The summed E-state index contributed by atoms with van der Waals surface area (Å²) in [5.41, 5.74) is -0.309. The molecule has 0 aromatic rings. The maximum Gasteiger partial charge on any atom is 0.335 e. The molecule has 2 rings (SSSR count). The van der Waals surface area contributed by atoms with E-state index in [2.05, 4.69) is 0 Å². The third-order valence-corrected chi connectivity index (χ3v) is 3.42. The summed E-state index contributed by atoms with van der Waals surface area (Å²) in [6.07, 6.45) is 7.55. The van der Waals surface area contributed by atoms with Crippen LogP contribution in [0.25, 0.3) is 0 Å². The topological polar surface area (TPSA) is 46.5 Å². The third kappa shape index (κ3) is 1.92. The van der Waals surface area contributed by atoms with Gasteiger partial charge in [-0.3, -0.25) is 0 Å². The first-order chi connectivity index (χ1) is 6.72. The first kappa shape index (κ1) is 9.97. The Kier molecular flexibility index (Phi) is 2.77. The van der Waals surface area contributed by atoms with E-state index < -0.39 is 12.1 Å². The molecular weight excluding hydrogens is 180 g/mol. The molecule has 1 aliphatic carbocycles. The first-order valence-electron chi connectivity index (χ1n) is 5.63. The fraction of sp³-hybridized carbons (Fsp3) is 0.909. The van der Waals surface area contributed by atoms with Crippen molar-refractivity contribution in [3.63, 3.8) is 0 Å². The number of hydrogen-bond donors (Lipinski definition) is 1. The van der Waals surface area contributed by atoms with Crippen LogP contribution in [-0.2, 0) is 9.53 Å². The van der Waals surface area contributed by atoms with Crippen LogP contribution in [0.1, 0.15) is 51.4 Å². The van der Waals surface area contributed by atoms with Gasteiger partial charge in [-0.15, -0.1) is 0 Å². The summed E-state index contributed by atoms with van der Waals surface area (Å²) in [5, 5.41) is 9.40. The van der Waals surface area contributed by atoms with Crippen molar-refractivity contribution in [2.24, 2.45) is 0 Å². The number of aliphatic hydroxyl groups excluding tert-OH is 1. The van der Waals surface area contributed by atoms with Gasteiger partial charge in [0, 0.05) is 6.42 Å². The van der Waals surface area contributed by atoms with Crippen molar-refractivity contribution in [2.45, 2.75) is 63.1 Å². The van der Waals surface area contributed by atoms with Crippen LogP contribution in [0.5, 0.6) is 0 Å². The Morgan fingerprint density at radius 2 is 1.71 bits per heavy atom. The molecule has 1 saturated heterocycles. The predicted octanol–water partition coefficient (Wildman–Crippen LogP) is 1.78. The highest BCUT2D eigenvalue weighted by molar-refractivity contribution is 5.77. The summed E-state index contributed by atoms with van der Waals surface area (Å²) < 4.78 is 5.35. The molecule has 0 amide bonds. The zero-order valence-electron chi connectivity index (χ0n) is 8.50. The summed E-state index contributed by atoms with van der Waals surface area (Å²) in [7, 11) is 0. The first-order valence-corrected chi connectivity index (χ1v) is 5.63. The van der Waals surface area contributed by atoms with Crippen LogP contribution in [0.4, 0.5) is 0 Å². The van der Waals surface area contributed by atoms with Gasteiger partial charge in [-0.25, -0.2) is 4.79 Å². The average molecular weight is 198 g/mol. The minimum atomic E-state index is -0.866. The molecule has 1 heterocycles. The van der Waals surface area contributed by atoms with Crippen LogP contribution in [0.3, 0.4) is 0 Å². The second kappa shape index (κ2) is 3.89. The van der Waals surface area contributed by atoms with Gasteiger partial charge >= 0.3 is 5.97 Å². The molecule has 80 valence electrons. The van der Waals surface area contributed by atoms with Gasteiger partial charge in [0.2, 0.25) is 0 Å². The number of carbonyl (C=O) groups excluding carboxylic acids is 1. The van der Waals surface area contributed by atoms with E-state index in [4.69, 9.17) is 4.74 Å². The summed E-state index contributed by atoms with van der Waals surface area (Å²) in [5.74, 6) is -0.412. The fourth-order valence-electron chi connectivity index (χ4n) is 2.61. The van der Waals surface area contributed by atoms with Gasteiger partial charge in [0.15, 0.2) is 6.10 Å². The van der Waals surface area contributed by atoms with E-state index in [1.165, 1.54) is 19.3 Å². The monoisotopic (exact) mass is 198 g/mol. The second-order valence-electron chi connectivity index (χ2n) is 4.59. The lowest BCUT2D eigenvalue weighted by molar-refractivity contribution is -0.154. The number of esters is 1. The molecule has 1 N–H and O–H groups in total. The SMILES string of the molecule is O=C1OC2(CCCCCCC2)CC1O. The van der Waals surface area contributed by atoms with Gasteiger partial charge < -0.3 is 9.84 Å². The molecule has 3 heteroatoms. The molecule has 0 radical (unpaired) electrons. The van der Waals surface area contributed by atoms with Crippen LogP contribution in [0.15, 0.2) is 0 Å². The largest absolute Gasteiger partial charge is 0.457 e. The standard InChI is InChI=1S/C11H18O3/c12-9-8-11(14-10(9)13)6-4-2-1-3-5-7-11/h9,12H,1-8H2. The Bertz CT molecular complexity index is 217. The van der Waals surface area contributed by atoms with Crippen molar-refractivity contribution in [3.8, 4) is 0 Å². The Labute approximate surface area is 84.4 Å². The van der Waals surface area contributed by atoms with Gasteiger partial charge in [0.25, 0.3) is 0 Å². The van der Waals surface area contributed by atoms with E-state index in [0.29, 0.717) is 6.42 Å². The van der Waals surface area contributed by atoms with Crippen LogP contribution in [0, 0.1) is 0 Å². The molecule has 14 heavy (non-hydrogen) atoms. The fourth-order valence-corrected chi connectivity index (χ4v) is 2.61. The summed E-state index contributed by atoms with van der Waals surface area (Å²) in [6.45, 7) is 0. The number of rotatable bonds is 0. The predicted molar refractivity (Wildman–Crippen MR) is 51.8 cm³/mol. The molecule has 3 nitrogen and oxygen atoms in total. The van der Waals surface area contributed by atoms with Crippen molar-refractivity contribution in [1.29, 1.82) is 0 Å². The molecule has 1 spiro atoms. The van der Waals surface area contributed by atoms with E-state index in [0.717, 1.165) is 25.7 Å². The minimum absolute atomic E-state index is 0.309. The number of ether oxygens (including phenoxy) is 1. The molecule has 1 atom stereocenters. The molecule has 0 aromatic carbocycles. The zero-order chi connectivity index (χ0) is 10.0. The summed E-state index contributed by atoms with van der Waals surface area (Å²) >= 11 is 0. The molecular formula is C11H18O3. The zero-order valence-corrected chi connectivity index (χ0v) is 8.50. The lowest BCUT2D eigenvalue weighted by Gasteiger charge is -2.29. The maximum absolute atomic E-state index is 11.2. The van der Waals surface area contributed by atoms with Crippen molar-refractivity contribution < 1.29 is 14.6 Å². The van der Waals surface area contributed by atoms with Gasteiger partial charge in [0.05, 0.1) is 0 Å².